The summed E-state index contributed by atoms with van der Waals surface area (Å²) in [6, 6.07) is 15.0. The Labute approximate surface area is 109 Å². The molecule has 0 bridgehead atoms. The summed E-state index contributed by atoms with van der Waals surface area (Å²) in [6.45, 7) is 0. The number of hydrogen-bond donors (Lipinski definition) is 0. The predicted octanol–water partition coefficient (Wildman–Crippen LogP) is 4.08. The summed E-state index contributed by atoms with van der Waals surface area (Å²) in [5, 5.41) is 1.42. The molecule has 1 heterocycles. The molecule has 18 heavy (non-hydrogen) atoms. The minimum atomic E-state index is 0.508. The highest BCUT2D eigenvalue weighted by Gasteiger charge is 2.07. The highest BCUT2D eigenvalue weighted by molar-refractivity contribution is 6.32. The van der Waals surface area contributed by atoms with E-state index in [1.165, 1.54) is 6.33 Å². The first-order valence-corrected chi connectivity index (χ1v) is 5.84. The highest BCUT2D eigenvalue weighted by atomic mass is 35.5. The maximum absolute atomic E-state index is 6.06. The molecule has 0 aliphatic rings. The van der Waals surface area contributed by atoms with Crippen LogP contribution in [-0.2, 0) is 0 Å². The number of ether oxygens (including phenoxy) is 1. The van der Waals surface area contributed by atoms with Gasteiger partial charge < -0.3 is 4.74 Å². The fourth-order valence-electron chi connectivity index (χ4n) is 1.69. The largest absolute Gasteiger partial charge is 0.437 e. The lowest BCUT2D eigenvalue weighted by Gasteiger charge is -2.08. The van der Waals surface area contributed by atoms with Crippen LogP contribution in [0.15, 0.2) is 54.9 Å². The van der Waals surface area contributed by atoms with Crippen LogP contribution in [0.3, 0.4) is 0 Å². The van der Waals surface area contributed by atoms with E-state index < -0.39 is 0 Å². The van der Waals surface area contributed by atoms with Crippen molar-refractivity contribution in [3.8, 4) is 11.6 Å². The molecule has 0 aliphatic carbocycles. The van der Waals surface area contributed by atoms with Crippen molar-refractivity contribution >= 4 is 22.5 Å². The first-order valence-electron chi connectivity index (χ1n) is 5.47. The van der Waals surface area contributed by atoms with Gasteiger partial charge in [0.2, 0.25) is 5.88 Å². The average Bonchev–Trinajstić information content (AvgIpc) is 2.42. The summed E-state index contributed by atoms with van der Waals surface area (Å²) in [6.07, 6.45) is 1.48. The van der Waals surface area contributed by atoms with E-state index in [1.54, 1.807) is 12.1 Å². The van der Waals surface area contributed by atoms with Crippen molar-refractivity contribution in [2.75, 3.05) is 0 Å². The molecule has 0 fully saturated rings. The highest BCUT2D eigenvalue weighted by Crippen LogP contribution is 2.30. The van der Waals surface area contributed by atoms with Crippen LogP contribution in [-0.4, -0.2) is 9.97 Å². The fraction of sp³-hybridized carbons (Fsp3) is 0. The summed E-state index contributed by atoms with van der Waals surface area (Å²) in [5.41, 5.74) is 0.842. The average molecular weight is 257 g/mol. The molecule has 0 saturated carbocycles. The Balaban J connectivity index is 2.08. The maximum Gasteiger partial charge on any atom is 0.230 e. The zero-order chi connectivity index (χ0) is 12.4. The van der Waals surface area contributed by atoms with E-state index in [-0.39, 0.29) is 0 Å². The fourth-order valence-corrected chi connectivity index (χ4v) is 1.87. The van der Waals surface area contributed by atoms with Gasteiger partial charge in [0.25, 0.3) is 0 Å². The van der Waals surface area contributed by atoms with E-state index in [4.69, 9.17) is 16.3 Å². The van der Waals surface area contributed by atoms with Crippen molar-refractivity contribution in [1.29, 1.82) is 0 Å². The molecule has 88 valence electrons. The Hall–Kier alpha value is -2.13. The van der Waals surface area contributed by atoms with E-state index in [1.807, 2.05) is 36.4 Å². The lowest BCUT2D eigenvalue weighted by atomic mass is 10.2. The van der Waals surface area contributed by atoms with Gasteiger partial charge in [0, 0.05) is 0 Å². The third-order valence-corrected chi connectivity index (χ3v) is 2.86. The third-order valence-electron chi connectivity index (χ3n) is 2.55. The van der Waals surface area contributed by atoms with Crippen LogP contribution in [0.25, 0.3) is 10.9 Å². The molecule has 0 spiro atoms. The summed E-state index contributed by atoms with van der Waals surface area (Å²) in [7, 11) is 0. The number of aromatic nitrogens is 2. The Morgan fingerprint density at radius 3 is 2.56 bits per heavy atom. The van der Waals surface area contributed by atoms with Crippen molar-refractivity contribution in [1.82, 2.24) is 9.97 Å². The zero-order valence-corrected chi connectivity index (χ0v) is 10.1. The minimum absolute atomic E-state index is 0.508. The Morgan fingerprint density at radius 1 is 0.889 bits per heavy atom. The molecule has 2 aromatic carbocycles. The van der Waals surface area contributed by atoms with Gasteiger partial charge >= 0.3 is 0 Å². The smallest absolute Gasteiger partial charge is 0.230 e. The van der Waals surface area contributed by atoms with E-state index in [0.29, 0.717) is 16.7 Å². The van der Waals surface area contributed by atoms with Crippen molar-refractivity contribution in [3.05, 3.63) is 59.9 Å². The standard InChI is InChI=1S/C14H9ClN2O/c15-11-6-2-4-8-13(11)18-14-10-5-1-3-7-12(10)16-9-17-14/h1-9H. The van der Waals surface area contributed by atoms with E-state index in [2.05, 4.69) is 9.97 Å². The van der Waals surface area contributed by atoms with Crippen molar-refractivity contribution in [2.45, 2.75) is 0 Å². The first-order chi connectivity index (χ1) is 8.84. The van der Waals surface area contributed by atoms with Gasteiger partial charge in [-0.2, -0.15) is 0 Å². The summed E-state index contributed by atoms with van der Waals surface area (Å²) in [5.74, 6) is 1.09. The molecule has 0 unspecified atom stereocenters. The van der Waals surface area contributed by atoms with Gasteiger partial charge in [0.15, 0.2) is 0 Å². The second-order valence-electron chi connectivity index (χ2n) is 3.73. The second kappa shape index (κ2) is 4.63. The molecule has 0 saturated heterocycles. The van der Waals surface area contributed by atoms with Crippen LogP contribution in [0.2, 0.25) is 5.02 Å². The molecule has 0 amide bonds. The Kier molecular flexibility index (Phi) is 2.82. The zero-order valence-electron chi connectivity index (χ0n) is 9.38. The maximum atomic E-state index is 6.06. The van der Waals surface area contributed by atoms with Gasteiger partial charge in [-0.3, -0.25) is 0 Å². The molecule has 4 heteroatoms. The number of fused-ring (bicyclic) bond motifs is 1. The molecule has 0 aliphatic heterocycles. The summed E-state index contributed by atoms with van der Waals surface area (Å²) in [4.78, 5) is 8.33. The van der Waals surface area contributed by atoms with Crippen LogP contribution >= 0.6 is 11.6 Å². The second-order valence-corrected chi connectivity index (χ2v) is 4.14. The Bertz CT molecular complexity index is 695. The quantitative estimate of drug-likeness (QED) is 0.693. The lowest BCUT2D eigenvalue weighted by Crippen LogP contribution is -1.91. The van der Waals surface area contributed by atoms with E-state index in [0.717, 1.165) is 10.9 Å². The van der Waals surface area contributed by atoms with Gasteiger partial charge in [0.1, 0.15) is 12.1 Å². The van der Waals surface area contributed by atoms with Crippen LogP contribution in [0.1, 0.15) is 0 Å². The van der Waals surface area contributed by atoms with Crippen LogP contribution in [0.5, 0.6) is 11.6 Å². The van der Waals surface area contributed by atoms with Gasteiger partial charge in [0.05, 0.1) is 15.9 Å². The first kappa shape index (κ1) is 11.0. The van der Waals surface area contributed by atoms with Crippen molar-refractivity contribution in [2.24, 2.45) is 0 Å². The number of nitrogens with zero attached hydrogens (tertiary/aromatic N) is 2. The van der Waals surface area contributed by atoms with Gasteiger partial charge in [-0.05, 0) is 24.3 Å². The van der Waals surface area contributed by atoms with Gasteiger partial charge in [-0.25, -0.2) is 9.97 Å². The number of hydrogen-bond acceptors (Lipinski definition) is 3. The monoisotopic (exact) mass is 256 g/mol. The van der Waals surface area contributed by atoms with Crippen LogP contribution in [0, 0.1) is 0 Å². The van der Waals surface area contributed by atoms with Crippen LogP contribution < -0.4 is 4.74 Å². The Morgan fingerprint density at radius 2 is 1.67 bits per heavy atom. The predicted molar refractivity (Wildman–Crippen MR) is 71.1 cm³/mol. The third kappa shape index (κ3) is 2.00. The van der Waals surface area contributed by atoms with Crippen molar-refractivity contribution < 1.29 is 4.74 Å². The molecule has 1 aromatic heterocycles. The number of benzene rings is 2. The van der Waals surface area contributed by atoms with Gasteiger partial charge in [-0.1, -0.05) is 35.9 Å². The molecule has 3 rings (SSSR count). The minimum Gasteiger partial charge on any atom is -0.437 e. The number of para-hydroxylation sites is 2. The summed E-state index contributed by atoms with van der Waals surface area (Å²) >= 11 is 6.06. The van der Waals surface area contributed by atoms with E-state index in [9.17, 15) is 0 Å². The van der Waals surface area contributed by atoms with Crippen molar-refractivity contribution in [3.63, 3.8) is 0 Å². The molecular formula is C14H9ClN2O. The molecule has 0 N–H and O–H groups in total. The lowest BCUT2D eigenvalue weighted by molar-refractivity contribution is 0.468. The molecule has 0 atom stereocenters. The topological polar surface area (TPSA) is 35.0 Å². The number of rotatable bonds is 2. The molecular weight excluding hydrogens is 248 g/mol. The van der Waals surface area contributed by atoms with Crippen LogP contribution in [0.4, 0.5) is 0 Å². The van der Waals surface area contributed by atoms with Gasteiger partial charge in [-0.15, -0.1) is 0 Å². The number of halogens is 1. The summed E-state index contributed by atoms with van der Waals surface area (Å²) < 4.78 is 5.74. The normalized spacial score (nSPS) is 10.5. The van der Waals surface area contributed by atoms with E-state index >= 15 is 0 Å². The molecule has 3 aromatic rings. The SMILES string of the molecule is Clc1ccccc1Oc1ncnc2ccccc12. The molecule has 3 nitrogen and oxygen atoms in total. The molecule has 0 radical (unpaired) electrons.